The molecule has 24 nitrogen and oxygen atoms in total. The highest BCUT2D eigenvalue weighted by Gasteiger charge is 2.35. The molecule has 2 aliphatic heterocycles. The number of carbonyl (C=O) groups excluding carboxylic acids is 4. The van der Waals surface area contributed by atoms with Crippen LogP contribution in [0.5, 0.6) is 0 Å². The zero-order valence-corrected chi connectivity index (χ0v) is 55.9. The smallest absolute Gasteiger partial charge is 0.359 e. The summed E-state index contributed by atoms with van der Waals surface area (Å²) in [6, 6.07) is 0. The van der Waals surface area contributed by atoms with Gasteiger partial charge in [0.05, 0.1) is 26.4 Å². The Labute approximate surface area is 527 Å². The van der Waals surface area contributed by atoms with E-state index in [1.807, 2.05) is 27.7 Å². The van der Waals surface area contributed by atoms with Crippen LogP contribution in [0.3, 0.4) is 0 Å². The SMILES string of the molecule is CCCCOC(=O)c1nc2c3nc4nc(nc5[nH]c(nc6nc(nc([nH]3)c2nc1C(=O)OCCCC)-c1nc(SC(C)(C)C)c(SC(C)(C)C)nc1-6)c1nc(C(=O)OCCCC)c(C(=O)OCCCC)nc51)-c1nc(SC(C)(C)C)c(SC(C)(C)C)nc1-4. The number of thioether (sulfide) groups is 4. The standard InChI is InChI=1S/C60H74N16O8S4/c1-17-21-25-81-53(77)37-38(54(78)82-26-22-18-2)62-30-29(61-37)41-69-42(30)72-46-35-36(68-52(88-60(14,15)16)51(67-35)87-59(11,12)13)48(76-46)74-44-32-31(63-39(55(79)83-27-23-19-3)40(64-32)56(80)84-28-24-20-4)43(70-44)73-47-34-33(45(71-41)75-47)65-49(85-57(5,6)7)50(66-34)86-58(8,9)10/h17-28H2,1-16H3,(H2,69,70,71,72,73,74,75,76). The summed E-state index contributed by atoms with van der Waals surface area (Å²) in [5, 5.41) is 2.38. The van der Waals surface area contributed by atoms with Crippen LogP contribution in [-0.2, 0) is 18.9 Å². The van der Waals surface area contributed by atoms with Crippen LogP contribution in [0.4, 0.5) is 0 Å². The van der Waals surface area contributed by atoms with Crippen LogP contribution >= 0.6 is 47.0 Å². The van der Waals surface area contributed by atoms with Crippen molar-refractivity contribution in [3.05, 3.63) is 22.8 Å². The van der Waals surface area contributed by atoms with Crippen molar-refractivity contribution in [3.63, 3.8) is 0 Å². The van der Waals surface area contributed by atoms with Crippen LogP contribution in [0, 0.1) is 0 Å². The largest absolute Gasteiger partial charge is 0.461 e. The van der Waals surface area contributed by atoms with Crippen molar-refractivity contribution in [1.82, 2.24) is 79.7 Å². The van der Waals surface area contributed by atoms with Crippen LogP contribution in [0.2, 0.25) is 0 Å². The maximum atomic E-state index is 14.2. The Hall–Kier alpha value is -7.04. The highest BCUT2D eigenvalue weighted by atomic mass is 32.2. The van der Waals surface area contributed by atoms with E-state index >= 15 is 0 Å². The zero-order chi connectivity index (χ0) is 63.6. The molecule has 28 heteroatoms. The Morgan fingerprint density at radius 3 is 0.705 bits per heavy atom. The number of rotatable bonds is 20. The van der Waals surface area contributed by atoms with Gasteiger partial charge >= 0.3 is 23.9 Å². The Bertz CT molecular complexity index is 3550. The third kappa shape index (κ3) is 15.3. The highest BCUT2D eigenvalue weighted by Crippen LogP contribution is 2.46. The molecule has 0 aliphatic carbocycles. The average Bonchev–Trinajstić information content (AvgIpc) is 1.64. The predicted octanol–water partition coefficient (Wildman–Crippen LogP) is 13.4. The fourth-order valence-electron chi connectivity index (χ4n) is 8.40. The number of aromatic amines is 2. The number of unbranched alkanes of at least 4 members (excludes halogenated alkanes) is 4. The first kappa shape index (κ1) is 65.4. The van der Waals surface area contributed by atoms with E-state index in [-0.39, 0.29) is 136 Å². The van der Waals surface area contributed by atoms with Gasteiger partial charge in [-0.2, -0.15) is 0 Å². The van der Waals surface area contributed by atoms with Gasteiger partial charge in [-0.1, -0.05) is 184 Å². The normalized spacial score (nSPS) is 12.5. The van der Waals surface area contributed by atoms with Gasteiger partial charge in [-0.25, -0.2) is 89.0 Å². The molecule has 9 rings (SSSR count). The van der Waals surface area contributed by atoms with Gasteiger partial charge in [0.1, 0.15) is 64.9 Å². The number of aromatic nitrogens is 16. The Kier molecular flexibility index (Phi) is 19.8. The molecule has 0 saturated heterocycles. The quantitative estimate of drug-likeness (QED) is 0.0310. The molecule has 0 radical (unpaired) electrons. The van der Waals surface area contributed by atoms with E-state index in [2.05, 4.69) is 93.1 Å². The van der Waals surface area contributed by atoms with Gasteiger partial charge < -0.3 is 28.9 Å². The minimum Gasteiger partial charge on any atom is -0.461 e. The van der Waals surface area contributed by atoms with Crippen molar-refractivity contribution in [3.8, 4) is 46.1 Å². The molecule has 0 atom stereocenters. The summed E-state index contributed by atoms with van der Waals surface area (Å²) in [7, 11) is 0. The first-order valence-electron chi connectivity index (χ1n) is 29.5. The molecule has 7 aromatic heterocycles. The average molecular weight is 1280 g/mol. The maximum Gasteiger partial charge on any atom is 0.359 e. The number of hydrogen-bond acceptors (Lipinski definition) is 26. The summed E-state index contributed by atoms with van der Waals surface area (Å²) in [6.07, 6.45) is 5.15. The third-order valence-electron chi connectivity index (χ3n) is 12.3. The van der Waals surface area contributed by atoms with E-state index in [4.69, 9.17) is 88.7 Å². The van der Waals surface area contributed by atoms with Crippen LogP contribution in [0.15, 0.2) is 20.1 Å². The van der Waals surface area contributed by atoms with Crippen LogP contribution in [0.1, 0.15) is 204 Å². The minimum atomic E-state index is -0.901. The molecule has 8 bridgehead atoms. The molecule has 0 amide bonds. The Morgan fingerprint density at radius 2 is 0.523 bits per heavy atom. The number of ether oxygens (including phenoxy) is 4. The molecule has 0 aromatic carbocycles. The van der Waals surface area contributed by atoms with Gasteiger partial charge in [-0.15, -0.1) is 0 Å². The van der Waals surface area contributed by atoms with Gasteiger partial charge in [0.2, 0.25) is 0 Å². The van der Waals surface area contributed by atoms with Crippen molar-refractivity contribution < 1.29 is 38.1 Å². The van der Waals surface area contributed by atoms with E-state index < -0.39 is 46.7 Å². The zero-order valence-electron chi connectivity index (χ0n) is 52.6. The molecule has 2 aliphatic rings. The maximum absolute atomic E-state index is 14.2. The Balaban J connectivity index is 1.49. The second kappa shape index (κ2) is 26.6. The van der Waals surface area contributed by atoms with E-state index in [1.165, 1.54) is 47.0 Å². The summed E-state index contributed by atoms with van der Waals surface area (Å²) in [6.45, 7) is 32.9. The van der Waals surface area contributed by atoms with Crippen molar-refractivity contribution in [1.29, 1.82) is 0 Å². The summed E-state index contributed by atoms with van der Waals surface area (Å²) in [4.78, 5) is 134. The predicted molar refractivity (Wildman–Crippen MR) is 342 cm³/mol. The monoisotopic (exact) mass is 1270 g/mol. The first-order chi connectivity index (χ1) is 41.5. The van der Waals surface area contributed by atoms with Gasteiger partial charge in [0.15, 0.2) is 68.7 Å². The van der Waals surface area contributed by atoms with Gasteiger partial charge in [-0.3, -0.25) is 0 Å². The topological polar surface area (TPSA) is 317 Å². The molecule has 88 heavy (non-hydrogen) atoms. The summed E-state index contributed by atoms with van der Waals surface area (Å²) in [5.41, 5.74) is -0.752. The lowest BCUT2D eigenvalue weighted by Crippen LogP contribution is -2.18. The van der Waals surface area contributed by atoms with E-state index in [9.17, 15) is 19.2 Å². The third-order valence-corrected chi connectivity index (χ3v) is 16.9. The number of H-pyrrole nitrogens is 2. The molecule has 0 unspecified atom stereocenters. The molecule has 0 saturated carbocycles. The fourth-order valence-corrected chi connectivity index (χ4v) is 12.3. The summed E-state index contributed by atoms with van der Waals surface area (Å²) < 4.78 is 21.4. The van der Waals surface area contributed by atoms with Crippen LogP contribution in [-0.4, -0.2) is 149 Å². The van der Waals surface area contributed by atoms with E-state index in [1.54, 1.807) is 0 Å². The molecule has 2 N–H and O–H groups in total. The molecular formula is C60H74N16O8S4. The minimum absolute atomic E-state index is 0.000608. The van der Waals surface area contributed by atoms with E-state index in [0.29, 0.717) is 45.8 Å². The van der Waals surface area contributed by atoms with Gasteiger partial charge in [-0.05, 0) is 25.7 Å². The molecular weight excluding hydrogens is 1200 g/mol. The lowest BCUT2D eigenvalue weighted by molar-refractivity contribution is 0.0442. The van der Waals surface area contributed by atoms with Crippen LogP contribution < -0.4 is 0 Å². The van der Waals surface area contributed by atoms with Crippen molar-refractivity contribution in [2.24, 2.45) is 0 Å². The van der Waals surface area contributed by atoms with Crippen molar-refractivity contribution >= 4 is 116 Å². The number of fused-ring (bicyclic) bond motifs is 20. The first-order valence-corrected chi connectivity index (χ1v) is 32.8. The van der Waals surface area contributed by atoms with Crippen molar-refractivity contribution in [2.45, 2.75) is 201 Å². The summed E-state index contributed by atoms with van der Waals surface area (Å²) >= 11 is 6.04. The van der Waals surface area contributed by atoms with Gasteiger partial charge in [0.25, 0.3) is 0 Å². The number of carbonyl (C=O) groups is 4. The second-order valence-electron chi connectivity index (χ2n) is 24.7. The van der Waals surface area contributed by atoms with Crippen molar-refractivity contribution in [2.75, 3.05) is 26.4 Å². The number of nitrogens with zero attached hydrogens (tertiary/aromatic N) is 14. The highest BCUT2D eigenvalue weighted by molar-refractivity contribution is 8.04. The fraction of sp³-hybridized carbons (Fsp3) is 0.533. The summed E-state index contributed by atoms with van der Waals surface area (Å²) in [5.74, 6) is -3.58. The van der Waals surface area contributed by atoms with Gasteiger partial charge in [0, 0.05) is 19.0 Å². The number of esters is 4. The molecule has 466 valence electrons. The molecule has 9 heterocycles. The Morgan fingerprint density at radius 1 is 0.318 bits per heavy atom. The lowest BCUT2D eigenvalue weighted by Gasteiger charge is -2.22. The van der Waals surface area contributed by atoms with E-state index in [0.717, 1.165) is 25.7 Å². The number of nitrogens with one attached hydrogen (secondary N) is 2. The molecule has 0 fully saturated rings. The lowest BCUT2D eigenvalue weighted by atomic mass is 10.2. The van der Waals surface area contributed by atoms with Crippen LogP contribution in [0.25, 0.3) is 90.7 Å². The second-order valence-corrected chi connectivity index (χ2v) is 32.0. The molecule has 0 spiro atoms. The number of hydrogen-bond donors (Lipinski definition) is 2. The molecule has 7 aromatic rings.